The summed E-state index contributed by atoms with van der Waals surface area (Å²) in [5.74, 6) is 0. The highest BCUT2D eigenvalue weighted by Gasteiger charge is 2.26. The summed E-state index contributed by atoms with van der Waals surface area (Å²) in [6, 6.07) is 0. The van der Waals surface area contributed by atoms with Crippen LogP contribution in [0.1, 0.15) is 260 Å². The molecule has 2 unspecified atom stereocenters. The molecule has 2 atom stereocenters. The topological polar surface area (TPSA) is 75.3 Å². The molecular weight excluding hydrogens is 723 g/mol. The molecular formula is C51H103NO6. The van der Waals surface area contributed by atoms with E-state index < -0.39 is 17.8 Å². The molecule has 0 aromatic rings. The number of ether oxygens (including phenoxy) is 5. The smallest absolute Gasteiger partial charge is 0.407 e. The quantitative estimate of drug-likeness (QED) is 0.0616. The van der Waals surface area contributed by atoms with Crippen LogP contribution in [-0.4, -0.2) is 69.6 Å². The average molecular weight is 826 g/mol. The molecule has 0 fully saturated rings. The zero-order chi connectivity index (χ0) is 42.8. The predicted molar refractivity (Wildman–Crippen MR) is 249 cm³/mol. The highest BCUT2D eigenvalue weighted by Crippen LogP contribution is 2.19. The Hall–Kier alpha value is -0.890. The van der Waals surface area contributed by atoms with Gasteiger partial charge >= 0.3 is 6.09 Å². The molecule has 0 aliphatic carbocycles. The fourth-order valence-corrected chi connectivity index (χ4v) is 7.41. The highest BCUT2D eigenvalue weighted by atomic mass is 16.6. The van der Waals surface area contributed by atoms with E-state index in [2.05, 4.69) is 19.2 Å². The van der Waals surface area contributed by atoms with E-state index in [1.54, 1.807) is 7.11 Å². The van der Waals surface area contributed by atoms with Crippen LogP contribution in [0.2, 0.25) is 0 Å². The number of alkyl carbamates (subject to hydrolysis) is 1. The molecule has 0 rings (SSSR count). The van der Waals surface area contributed by atoms with E-state index in [9.17, 15) is 4.79 Å². The molecule has 0 saturated heterocycles. The van der Waals surface area contributed by atoms with Gasteiger partial charge in [0.1, 0.15) is 12.2 Å². The molecule has 0 spiro atoms. The molecule has 7 nitrogen and oxygen atoms in total. The lowest BCUT2D eigenvalue weighted by Gasteiger charge is -2.31. The minimum absolute atomic E-state index is 0.279. The molecule has 58 heavy (non-hydrogen) atoms. The summed E-state index contributed by atoms with van der Waals surface area (Å²) in [7, 11) is 1.69. The molecule has 0 saturated carbocycles. The molecule has 0 radical (unpaired) electrons. The van der Waals surface area contributed by atoms with Crippen LogP contribution in [0.15, 0.2) is 0 Å². The molecule has 0 aliphatic rings. The van der Waals surface area contributed by atoms with Crippen molar-refractivity contribution in [2.75, 3.05) is 40.1 Å². The van der Waals surface area contributed by atoms with Crippen molar-refractivity contribution in [2.45, 2.75) is 284 Å². The third-order valence-corrected chi connectivity index (χ3v) is 11.9. The van der Waals surface area contributed by atoms with Gasteiger partial charge < -0.3 is 29.0 Å². The maximum absolute atomic E-state index is 12.8. The molecule has 0 aromatic heterocycles. The van der Waals surface area contributed by atoms with Crippen molar-refractivity contribution >= 4 is 6.09 Å². The number of amides is 1. The standard InChI is InChI=1S/C51H103NO6/c1-9-11-13-15-17-19-21-23-25-27-29-31-33-35-37-39-43-55-45-48(47(3)58-49(53)52-42-41-50(4,5)57-46-51(6,7)54-8)56-44-40-38-36-34-32-30-28-26-24-22-20-18-16-14-12-10-2/h47-48H,9-46H2,1-8H3,(H,52,53). The van der Waals surface area contributed by atoms with Crippen LogP contribution in [-0.2, 0) is 23.7 Å². The van der Waals surface area contributed by atoms with Crippen molar-refractivity contribution in [1.29, 1.82) is 0 Å². The summed E-state index contributed by atoms with van der Waals surface area (Å²) < 4.78 is 29.8. The Morgan fingerprint density at radius 3 is 1.26 bits per heavy atom. The number of carbonyl (C=O) groups is 1. The fourth-order valence-electron chi connectivity index (χ4n) is 7.41. The Bertz CT molecular complexity index is 851. The first-order chi connectivity index (χ1) is 28.1. The van der Waals surface area contributed by atoms with Crippen LogP contribution in [0.5, 0.6) is 0 Å². The Kier molecular flexibility index (Phi) is 40.8. The van der Waals surface area contributed by atoms with Crippen LogP contribution >= 0.6 is 0 Å². The van der Waals surface area contributed by atoms with Gasteiger partial charge in [0.2, 0.25) is 0 Å². The summed E-state index contributed by atoms with van der Waals surface area (Å²) >= 11 is 0. The summed E-state index contributed by atoms with van der Waals surface area (Å²) in [4.78, 5) is 12.8. The van der Waals surface area contributed by atoms with Gasteiger partial charge in [-0.2, -0.15) is 0 Å². The van der Waals surface area contributed by atoms with Gasteiger partial charge in [0, 0.05) is 26.9 Å². The Labute approximate surface area is 362 Å². The van der Waals surface area contributed by atoms with Crippen LogP contribution < -0.4 is 5.32 Å². The van der Waals surface area contributed by atoms with E-state index in [0.29, 0.717) is 32.8 Å². The summed E-state index contributed by atoms with van der Waals surface area (Å²) in [6.07, 6.45) is 43.0. The van der Waals surface area contributed by atoms with E-state index in [0.717, 1.165) is 19.4 Å². The van der Waals surface area contributed by atoms with Gasteiger partial charge in [-0.25, -0.2) is 4.79 Å². The zero-order valence-electron chi connectivity index (χ0n) is 40.5. The second-order valence-corrected chi connectivity index (χ2v) is 18.9. The molecule has 1 amide bonds. The lowest BCUT2D eigenvalue weighted by Crippen LogP contribution is -2.40. The molecule has 348 valence electrons. The van der Waals surface area contributed by atoms with Crippen LogP contribution in [0.3, 0.4) is 0 Å². The van der Waals surface area contributed by atoms with E-state index in [1.165, 1.54) is 193 Å². The number of hydrogen-bond acceptors (Lipinski definition) is 6. The fraction of sp³-hybridized carbons (Fsp3) is 0.980. The normalized spacial score (nSPS) is 13.2. The predicted octanol–water partition coefficient (Wildman–Crippen LogP) is 15.6. The molecule has 7 heteroatoms. The average Bonchev–Trinajstić information content (AvgIpc) is 3.20. The summed E-state index contributed by atoms with van der Waals surface area (Å²) in [5, 5.41) is 2.92. The maximum atomic E-state index is 12.8. The van der Waals surface area contributed by atoms with Gasteiger partial charge in [0.05, 0.1) is 24.4 Å². The third-order valence-electron chi connectivity index (χ3n) is 11.9. The minimum atomic E-state index is -0.422. The first-order valence-electron chi connectivity index (χ1n) is 25.4. The lowest BCUT2D eigenvalue weighted by atomic mass is 10.0. The van der Waals surface area contributed by atoms with Crippen LogP contribution in [0.25, 0.3) is 0 Å². The van der Waals surface area contributed by atoms with Crippen molar-refractivity contribution in [2.24, 2.45) is 0 Å². The second kappa shape index (κ2) is 41.5. The molecule has 0 aliphatic heterocycles. The zero-order valence-corrected chi connectivity index (χ0v) is 40.5. The number of unbranched alkanes of at least 4 members (excludes halogenated alkanes) is 30. The van der Waals surface area contributed by atoms with Gasteiger partial charge in [-0.1, -0.05) is 206 Å². The van der Waals surface area contributed by atoms with Gasteiger partial charge in [0.15, 0.2) is 0 Å². The lowest BCUT2D eigenvalue weighted by molar-refractivity contribution is -0.108. The number of nitrogens with one attached hydrogen (secondary N) is 1. The van der Waals surface area contributed by atoms with Crippen molar-refractivity contribution in [3.8, 4) is 0 Å². The molecule has 0 heterocycles. The van der Waals surface area contributed by atoms with E-state index in [4.69, 9.17) is 23.7 Å². The van der Waals surface area contributed by atoms with Crippen molar-refractivity contribution < 1.29 is 28.5 Å². The number of methoxy groups -OCH3 is 1. The Morgan fingerprint density at radius 2 is 0.879 bits per heavy atom. The Balaban J connectivity index is 4.34. The number of hydrogen-bond donors (Lipinski definition) is 1. The van der Waals surface area contributed by atoms with E-state index >= 15 is 0 Å². The number of carbonyl (C=O) groups excluding carboxylic acids is 1. The summed E-state index contributed by atoms with van der Waals surface area (Å²) in [5.41, 5.74) is -0.748. The van der Waals surface area contributed by atoms with Crippen LogP contribution in [0, 0.1) is 0 Å². The van der Waals surface area contributed by atoms with Crippen molar-refractivity contribution in [3.63, 3.8) is 0 Å². The van der Waals surface area contributed by atoms with Crippen molar-refractivity contribution in [1.82, 2.24) is 5.32 Å². The summed E-state index contributed by atoms with van der Waals surface area (Å²) in [6.45, 7) is 17.4. The van der Waals surface area contributed by atoms with Gasteiger partial charge in [-0.3, -0.25) is 0 Å². The van der Waals surface area contributed by atoms with Gasteiger partial charge in [-0.05, 0) is 53.9 Å². The Morgan fingerprint density at radius 1 is 0.517 bits per heavy atom. The molecule has 0 bridgehead atoms. The van der Waals surface area contributed by atoms with E-state index in [-0.39, 0.29) is 11.7 Å². The third kappa shape index (κ3) is 40.5. The minimum Gasteiger partial charge on any atom is -0.444 e. The van der Waals surface area contributed by atoms with Crippen molar-refractivity contribution in [3.05, 3.63) is 0 Å². The van der Waals surface area contributed by atoms with Crippen LogP contribution in [0.4, 0.5) is 4.79 Å². The van der Waals surface area contributed by atoms with E-state index in [1.807, 2.05) is 34.6 Å². The first-order valence-corrected chi connectivity index (χ1v) is 25.4. The largest absolute Gasteiger partial charge is 0.444 e. The highest BCUT2D eigenvalue weighted by molar-refractivity contribution is 5.67. The van der Waals surface area contributed by atoms with Gasteiger partial charge in [-0.15, -0.1) is 0 Å². The monoisotopic (exact) mass is 826 g/mol. The maximum Gasteiger partial charge on any atom is 0.407 e. The SMILES string of the molecule is CCCCCCCCCCCCCCCCCCOCC(OCCCCCCCCCCCCCCCCCC)C(C)OC(=O)NCCC(C)(C)OCC(C)(C)OC. The second-order valence-electron chi connectivity index (χ2n) is 18.9. The molecule has 1 N–H and O–H groups in total. The van der Waals surface area contributed by atoms with Gasteiger partial charge in [0.25, 0.3) is 0 Å². The molecule has 0 aromatic carbocycles. The number of rotatable bonds is 46. The first kappa shape index (κ1) is 57.1.